The summed E-state index contributed by atoms with van der Waals surface area (Å²) in [7, 11) is 0. The van der Waals surface area contributed by atoms with E-state index in [1.807, 2.05) is 6.08 Å². The van der Waals surface area contributed by atoms with E-state index in [-0.39, 0.29) is 51.9 Å². The predicted octanol–water partition coefficient (Wildman–Crippen LogP) is 5.02. The normalized spacial score (nSPS) is 48.0. The van der Waals surface area contributed by atoms with Gasteiger partial charge in [-0.1, -0.05) is 52.3 Å². The number of allylic oxidation sites excluding steroid dienone is 3. The number of ether oxygens (including phenoxy) is 2. The van der Waals surface area contributed by atoms with Gasteiger partial charge < -0.3 is 19.7 Å². The van der Waals surface area contributed by atoms with Crippen molar-refractivity contribution in [3.8, 4) is 0 Å². The van der Waals surface area contributed by atoms with Crippen molar-refractivity contribution < 1.29 is 29.3 Å². The Bertz CT molecular complexity index is 1070. The molecule has 2 N–H and O–H groups in total. The van der Waals surface area contributed by atoms with Crippen LogP contribution in [0, 0.1) is 45.3 Å². The molecule has 0 radical (unpaired) electrons. The number of carbonyl (C=O) groups excluding carboxylic acids is 2. The summed E-state index contributed by atoms with van der Waals surface area (Å²) in [6.07, 6.45) is 9.02. The number of carbonyl (C=O) groups is 2. The van der Waals surface area contributed by atoms with Gasteiger partial charge in [-0.25, -0.2) is 0 Å². The quantitative estimate of drug-likeness (QED) is 0.395. The number of hydrogen-bond donors (Lipinski definition) is 2. The molecule has 2 saturated carbocycles. The third-order valence-corrected chi connectivity index (χ3v) is 11.9. The molecule has 10 atom stereocenters. The lowest BCUT2D eigenvalue weighted by Crippen LogP contribution is -2.64. The molecule has 1 aliphatic heterocycles. The molecule has 6 heteroatoms. The molecule has 0 aromatic rings. The molecule has 212 valence electrons. The second-order valence-corrected chi connectivity index (χ2v) is 14.9. The Morgan fingerprint density at radius 2 is 1.82 bits per heavy atom. The maximum Gasteiger partial charge on any atom is 0.302 e. The van der Waals surface area contributed by atoms with Crippen LogP contribution < -0.4 is 0 Å². The third kappa shape index (κ3) is 3.83. The van der Waals surface area contributed by atoms with Crippen molar-refractivity contribution in [1.82, 2.24) is 0 Å². The molecule has 4 aliphatic carbocycles. The molecule has 0 amide bonds. The van der Waals surface area contributed by atoms with E-state index in [0.717, 1.165) is 19.3 Å². The fourth-order valence-corrected chi connectivity index (χ4v) is 10.2. The molecule has 1 heterocycles. The van der Waals surface area contributed by atoms with Gasteiger partial charge in [0.15, 0.2) is 5.78 Å². The molecule has 5 rings (SSSR count). The Morgan fingerprint density at radius 3 is 2.42 bits per heavy atom. The summed E-state index contributed by atoms with van der Waals surface area (Å²) in [6, 6.07) is 0. The molecule has 0 spiro atoms. The van der Waals surface area contributed by atoms with Gasteiger partial charge in [-0.2, -0.15) is 0 Å². The summed E-state index contributed by atoms with van der Waals surface area (Å²) in [4.78, 5) is 25.4. The molecular formula is C32H48O6. The molecule has 3 fully saturated rings. The number of fused-ring (bicyclic) bond motifs is 5. The zero-order valence-electron chi connectivity index (χ0n) is 24.5. The van der Waals surface area contributed by atoms with Crippen LogP contribution >= 0.6 is 0 Å². The minimum Gasteiger partial charge on any atom is -0.462 e. The van der Waals surface area contributed by atoms with Crippen molar-refractivity contribution in [3.63, 3.8) is 0 Å². The Morgan fingerprint density at radius 1 is 1.13 bits per heavy atom. The first kappa shape index (κ1) is 28.0. The van der Waals surface area contributed by atoms with E-state index in [1.54, 1.807) is 13.8 Å². The van der Waals surface area contributed by atoms with Crippen LogP contribution in [-0.2, 0) is 19.1 Å². The SMILES string of the molecule is CC(=O)O[C@@H]1C[C@H]2C(C)(C)C(=O)C=C[C@]2(C)[C@H]2CC[C@]3(C)C(=CC[C@H]3[C@H]3CO[C@@H](C(C)(C)O)[C@H](O)C3)[C@@]21C. The van der Waals surface area contributed by atoms with E-state index in [0.29, 0.717) is 25.4 Å². The van der Waals surface area contributed by atoms with Crippen LogP contribution in [0.3, 0.4) is 0 Å². The van der Waals surface area contributed by atoms with Gasteiger partial charge in [-0.15, -0.1) is 0 Å². The van der Waals surface area contributed by atoms with Crippen LogP contribution in [0.4, 0.5) is 0 Å². The van der Waals surface area contributed by atoms with Crippen molar-refractivity contribution in [3.05, 3.63) is 23.8 Å². The van der Waals surface area contributed by atoms with Gasteiger partial charge in [-0.05, 0) is 86.5 Å². The molecule has 1 saturated heterocycles. The van der Waals surface area contributed by atoms with Gasteiger partial charge in [0.2, 0.25) is 0 Å². The van der Waals surface area contributed by atoms with Crippen LogP contribution in [0.5, 0.6) is 0 Å². The second kappa shape index (κ2) is 8.75. The summed E-state index contributed by atoms with van der Waals surface area (Å²) in [5, 5.41) is 21.4. The van der Waals surface area contributed by atoms with Crippen LogP contribution in [0.2, 0.25) is 0 Å². The fourth-order valence-electron chi connectivity index (χ4n) is 10.2. The first-order valence-corrected chi connectivity index (χ1v) is 14.6. The minimum atomic E-state index is -1.09. The average molecular weight is 529 g/mol. The highest BCUT2D eigenvalue weighted by Gasteiger charge is 2.68. The maximum absolute atomic E-state index is 13.0. The number of ketones is 1. The lowest BCUT2D eigenvalue weighted by atomic mass is 9.38. The molecular weight excluding hydrogens is 480 g/mol. The zero-order valence-corrected chi connectivity index (χ0v) is 24.5. The van der Waals surface area contributed by atoms with Crippen molar-refractivity contribution in [2.75, 3.05) is 6.61 Å². The van der Waals surface area contributed by atoms with Gasteiger partial charge in [-0.3, -0.25) is 9.59 Å². The maximum atomic E-state index is 13.0. The lowest BCUT2D eigenvalue weighted by molar-refractivity contribution is -0.196. The zero-order chi connectivity index (χ0) is 28.1. The van der Waals surface area contributed by atoms with Crippen molar-refractivity contribution in [2.24, 2.45) is 45.3 Å². The van der Waals surface area contributed by atoms with Crippen molar-refractivity contribution >= 4 is 11.8 Å². The van der Waals surface area contributed by atoms with E-state index in [1.165, 1.54) is 12.5 Å². The summed E-state index contributed by atoms with van der Waals surface area (Å²) >= 11 is 0. The smallest absolute Gasteiger partial charge is 0.302 e. The Labute approximate surface area is 228 Å². The van der Waals surface area contributed by atoms with Crippen LogP contribution in [0.15, 0.2) is 23.8 Å². The number of aliphatic hydroxyl groups excluding tert-OH is 1. The molecule has 0 aromatic carbocycles. The average Bonchev–Trinajstić information content (AvgIpc) is 3.15. The van der Waals surface area contributed by atoms with E-state index in [9.17, 15) is 19.8 Å². The molecule has 0 bridgehead atoms. The summed E-state index contributed by atoms with van der Waals surface area (Å²) in [5.74, 6) is 0.734. The van der Waals surface area contributed by atoms with E-state index >= 15 is 0 Å². The summed E-state index contributed by atoms with van der Waals surface area (Å²) < 4.78 is 12.3. The van der Waals surface area contributed by atoms with Gasteiger partial charge in [0.05, 0.1) is 18.3 Å². The third-order valence-electron chi connectivity index (χ3n) is 11.9. The van der Waals surface area contributed by atoms with Gasteiger partial charge >= 0.3 is 5.97 Å². The van der Waals surface area contributed by atoms with Gasteiger partial charge in [0.25, 0.3) is 0 Å². The summed E-state index contributed by atoms with van der Waals surface area (Å²) in [5.41, 5.74) is -0.822. The number of rotatable bonds is 3. The molecule has 6 nitrogen and oxygen atoms in total. The Balaban J connectivity index is 1.51. The van der Waals surface area contributed by atoms with E-state index in [2.05, 4.69) is 46.8 Å². The molecule has 5 aliphatic rings. The molecule has 0 unspecified atom stereocenters. The standard InChI is InChI=1S/C32H48O6/c1-18(33)38-26-16-24-28(2,3)25(35)12-14-31(24,7)23-11-13-30(6)20(9-10-22(30)32(23,26)8)19-15-21(34)27(37-17-19)29(4,5)36/h10,12,14,19-21,23-24,26-27,34,36H,9,11,13,15-17H2,1-8H3/t19-,20+,21-,23-,24+,26-,27-,30+,31-,32+/m1/s1. The Kier molecular flexibility index (Phi) is 6.46. The minimum absolute atomic E-state index is 0.0914. The van der Waals surface area contributed by atoms with Crippen molar-refractivity contribution in [2.45, 2.75) is 111 Å². The largest absolute Gasteiger partial charge is 0.462 e. The molecule has 38 heavy (non-hydrogen) atoms. The van der Waals surface area contributed by atoms with Crippen LogP contribution in [0.1, 0.15) is 87.5 Å². The summed E-state index contributed by atoms with van der Waals surface area (Å²) in [6.45, 7) is 16.5. The number of aliphatic hydroxyl groups is 2. The number of esters is 1. The highest BCUT2D eigenvalue weighted by Crippen LogP contribution is 2.72. The van der Waals surface area contributed by atoms with E-state index < -0.39 is 23.2 Å². The monoisotopic (exact) mass is 528 g/mol. The van der Waals surface area contributed by atoms with Crippen LogP contribution in [-0.4, -0.2) is 52.5 Å². The fraction of sp³-hybridized carbons (Fsp3) is 0.812. The first-order valence-electron chi connectivity index (χ1n) is 14.6. The van der Waals surface area contributed by atoms with Gasteiger partial charge in [0, 0.05) is 17.8 Å². The second-order valence-electron chi connectivity index (χ2n) is 14.9. The predicted molar refractivity (Wildman–Crippen MR) is 145 cm³/mol. The van der Waals surface area contributed by atoms with E-state index in [4.69, 9.17) is 9.47 Å². The van der Waals surface area contributed by atoms with Crippen LogP contribution in [0.25, 0.3) is 0 Å². The topological polar surface area (TPSA) is 93.1 Å². The Hall–Kier alpha value is -1.50. The lowest BCUT2D eigenvalue weighted by Gasteiger charge is -2.66. The molecule has 0 aromatic heterocycles. The van der Waals surface area contributed by atoms with Crippen molar-refractivity contribution in [1.29, 1.82) is 0 Å². The highest BCUT2D eigenvalue weighted by molar-refractivity contribution is 5.95. The van der Waals surface area contributed by atoms with Gasteiger partial charge in [0.1, 0.15) is 12.2 Å². The number of hydrogen-bond acceptors (Lipinski definition) is 6. The first-order chi connectivity index (χ1) is 17.5. The highest BCUT2D eigenvalue weighted by atomic mass is 16.5.